The molecule has 186 valence electrons. The van der Waals surface area contributed by atoms with E-state index in [-0.39, 0.29) is 39.2 Å². The van der Waals surface area contributed by atoms with Crippen molar-refractivity contribution in [1.29, 1.82) is 0 Å². The average molecular weight is 498 g/mol. The molecule has 0 saturated carbocycles. The first kappa shape index (κ1) is 25.0. The lowest BCUT2D eigenvalue weighted by molar-refractivity contribution is 0.0696. The maximum Gasteiger partial charge on any atom is 0.335 e. The Kier molecular flexibility index (Phi) is 6.66. The number of azo groups is 1. The number of phenolic OH excluding ortho intramolecular Hbond substituents is 1. The fourth-order valence-corrected chi connectivity index (χ4v) is 3.87. The van der Waals surface area contributed by atoms with Crippen molar-refractivity contribution in [3.8, 4) is 22.6 Å². The normalized spacial score (nSPS) is 11.1. The molecule has 3 N–H and O–H groups in total. The highest BCUT2D eigenvalue weighted by molar-refractivity contribution is 6.00. The topological polar surface area (TPSA) is 154 Å². The minimum Gasteiger partial charge on any atom is -0.505 e. The summed E-state index contributed by atoms with van der Waals surface area (Å²) in [6, 6.07) is 12.0. The van der Waals surface area contributed by atoms with Crippen LogP contribution in [0, 0.1) is 20.8 Å². The number of rotatable bonds is 7. The van der Waals surface area contributed by atoms with Crippen LogP contribution in [-0.4, -0.2) is 38.5 Å². The molecule has 10 nitrogen and oxygen atoms in total. The lowest BCUT2D eigenvalue weighted by Crippen LogP contribution is -2.14. The average Bonchev–Trinajstić information content (AvgIpc) is 3.17. The molecule has 1 heterocycles. The van der Waals surface area contributed by atoms with Gasteiger partial charge in [0, 0.05) is 16.7 Å². The standard InChI is InChI=1S/C27H22N4O6/c1-14-4-8-20(10-15(14)2)31-26(35)24(16(3)30-31)29-28-22-9-7-19(13-33)23(25(22)34)21-11-17(27(36)37)5-6-18(21)12-32/h4-13,30,34H,1-3H3,(H,36,37). The molecule has 0 saturated heterocycles. The number of H-pyrrole nitrogens is 1. The van der Waals surface area contributed by atoms with E-state index < -0.39 is 17.3 Å². The number of aromatic carboxylic acids is 1. The third kappa shape index (κ3) is 4.59. The molecule has 0 radical (unpaired) electrons. The van der Waals surface area contributed by atoms with Gasteiger partial charge in [-0.2, -0.15) is 0 Å². The maximum atomic E-state index is 13.0. The molecule has 3 aromatic carbocycles. The Morgan fingerprint density at radius 3 is 2.27 bits per heavy atom. The zero-order chi connectivity index (χ0) is 26.9. The predicted molar refractivity (Wildman–Crippen MR) is 136 cm³/mol. The highest BCUT2D eigenvalue weighted by atomic mass is 16.4. The molecule has 4 aromatic rings. The molecule has 10 heteroatoms. The van der Waals surface area contributed by atoms with Crippen molar-refractivity contribution >= 4 is 29.9 Å². The van der Waals surface area contributed by atoms with Gasteiger partial charge in [-0.3, -0.25) is 19.5 Å². The number of aromatic nitrogens is 2. The summed E-state index contributed by atoms with van der Waals surface area (Å²) in [6.45, 7) is 5.56. The molecule has 4 rings (SSSR count). The van der Waals surface area contributed by atoms with Crippen LogP contribution in [-0.2, 0) is 0 Å². The van der Waals surface area contributed by atoms with Crippen LogP contribution in [0.4, 0.5) is 11.4 Å². The Hall–Kier alpha value is -5.12. The number of aldehydes is 2. The number of phenols is 1. The highest BCUT2D eigenvalue weighted by Gasteiger charge is 2.20. The molecule has 0 aliphatic carbocycles. The Bertz CT molecular complexity index is 1660. The van der Waals surface area contributed by atoms with Gasteiger partial charge in [-0.25, -0.2) is 9.48 Å². The van der Waals surface area contributed by atoms with Gasteiger partial charge in [0.1, 0.15) is 5.69 Å². The zero-order valence-corrected chi connectivity index (χ0v) is 20.1. The first-order valence-corrected chi connectivity index (χ1v) is 11.1. The molecule has 0 aliphatic rings. The van der Waals surface area contributed by atoms with Crippen molar-refractivity contribution in [3.05, 3.63) is 92.4 Å². The minimum absolute atomic E-state index is 0.0111. The van der Waals surface area contributed by atoms with Gasteiger partial charge in [-0.05, 0) is 73.9 Å². The summed E-state index contributed by atoms with van der Waals surface area (Å²) in [5.74, 6) is -1.74. The van der Waals surface area contributed by atoms with Gasteiger partial charge in [-0.15, -0.1) is 10.2 Å². The van der Waals surface area contributed by atoms with Gasteiger partial charge in [0.25, 0.3) is 5.56 Å². The Morgan fingerprint density at radius 2 is 1.62 bits per heavy atom. The first-order valence-electron chi connectivity index (χ1n) is 11.1. The van der Waals surface area contributed by atoms with E-state index in [1.54, 1.807) is 13.0 Å². The number of aromatic amines is 1. The van der Waals surface area contributed by atoms with E-state index in [0.29, 0.717) is 24.0 Å². The number of hydrogen-bond donors (Lipinski definition) is 3. The van der Waals surface area contributed by atoms with Crippen LogP contribution >= 0.6 is 0 Å². The summed E-state index contributed by atoms with van der Waals surface area (Å²) in [5, 5.41) is 31.4. The van der Waals surface area contributed by atoms with E-state index >= 15 is 0 Å². The van der Waals surface area contributed by atoms with Crippen molar-refractivity contribution in [1.82, 2.24) is 9.78 Å². The molecule has 0 bridgehead atoms. The molecule has 0 unspecified atom stereocenters. The summed E-state index contributed by atoms with van der Waals surface area (Å²) in [4.78, 5) is 47.8. The van der Waals surface area contributed by atoms with Gasteiger partial charge < -0.3 is 10.2 Å². The second kappa shape index (κ2) is 9.86. The number of nitrogens with zero attached hydrogens (tertiary/aromatic N) is 3. The fourth-order valence-electron chi connectivity index (χ4n) is 3.87. The molecule has 0 amide bonds. The number of carboxylic acid groups (broad SMARTS) is 1. The zero-order valence-electron chi connectivity index (χ0n) is 20.1. The van der Waals surface area contributed by atoms with Gasteiger partial charge in [0.05, 0.1) is 16.9 Å². The Balaban J connectivity index is 1.82. The van der Waals surface area contributed by atoms with Crippen LogP contribution < -0.4 is 5.56 Å². The predicted octanol–water partition coefficient (Wildman–Crippen LogP) is 5.20. The molecule has 0 atom stereocenters. The van der Waals surface area contributed by atoms with E-state index in [9.17, 15) is 29.4 Å². The second-order valence-electron chi connectivity index (χ2n) is 8.43. The first-order chi connectivity index (χ1) is 17.7. The van der Waals surface area contributed by atoms with E-state index in [2.05, 4.69) is 15.3 Å². The summed E-state index contributed by atoms with van der Waals surface area (Å²) in [5.41, 5.74) is 2.53. The molecule has 37 heavy (non-hydrogen) atoms. The largest absolute Gasteiger partial charge is 0.505 e. The number of carbonyl (C=O) groups is 3. The van der Waals surface area contributed by atoms with Crippen molar-refractivity contribution < 1.29 is 24.6 Å². The second-order valence-corrected chi connectivity index (χ2v) is 8.43. The molecule has 0 spiro atoms. The number of nitrogens with one attached hydrogen (secondary N) is 1. The van der Waals surface area contributed by atoms with E-state index in [1.807, 2.05) is 26.0 Å². The van der Waals surface area contributed by atoms with Crippen molar-refractivity contribution in [2.75, 3.05) is 0 Å². The third-order valence-corrected chi connectivity index (χ3v) is 6.06. The lowest BCUT2D eigenvalue weighted by atomic mass is 9.93. The van der Waals surface area contributed by atoms with Crippen LogP contribution in [0.3, 0.4) is 0 Å². The maximum absolute atomic E-state index is 13.0. The Labute approximate surface area is 210 Å². The molecular weight excluding hydrogens is 476 g/mol. The van der Waals surface area contributed by atoms with E-state index in [0.717, 1.165) is 11.1 Å². The number of aryl methyl sites for hydroxylation is 3. The van der Waals surface area contributed by atoms with Gasteiger partial charge in [0.2, 0.25) is 0 Å². The van der Waals surface area contributed by atoms with Crippen LogP contribution in [0.25, 0.3) is 16.8 Å². The van der Waals surface area contributed by atoms with Crippen molar-refractivity contribution in [2.45, 2.75) is 20.8 Å². The summed E-state index contributed by atoms with van der Waals surface area (Å²) in [7, 11) is 0. The summed E-state index contributed by atoms with van der Waals surface area (Å²) >= 11 is 0. The van der Waals surface area contributed by atoms with Crippen LogP contribution in [0.15, 0.2) is 63.6 Å². The smallest absolute Gasteiger partial charge is 0.335 e. The van der Waals surface area contributed by atoms with Crippen molar-refractivity contribution in [2.24, 2.45) is 10.2 Å². The molecule has 0 fully saturated rings. The molecule has 0 aliphatic heterocycles. The van der Waals surface area contributed by atoms with E-state index in [4.69, 9.17) is 0 Å². The monoisotopic (exact) mass is 498 g/mol. The summed E-state index contributed by atoms with van der Waals surface area (Å²) in [6.07, 6.45) is 0.956. The van der Waals surface area contributed by atoms with Crippen LogP contribution in [0.1, 0.15) is 47.9 Å². The van der Waals surface area contributed by atoms with Gasteiger partial charge in [-0.1, -0.05) is 12.1 Å². The minimum atomic E-state index is -1.25. The SMILES string of the molecule is Cc1ccc(-n2[nH]c(C)c(N=Nc3ccc(C=O)c(-c4cc(C(=O)O)ccc4C=O)c3O)c2=O)cc1C. The quantitative estimate of drug-likeness (QED) is 0.235. The van der Waals surface area contributed by atoms with Crippen LogP contribution in [0.2, 0.25) is 0 Å². The number of hydrogen-bond acceptors (Lipinski definition) is 7. The number of carboxylic acids is 1. The van der Waals surface area contributed by atoms with Gasteiger partial charge >= 0.3 is 5.97 Å². The number of carbonyl (C=O) groups excluding carboxylic acids is 2. The Morgan fingerprint density at radius 1 is 0.919 bits per heavy atom. The van der Waals surface area contributed by atoms with E-state index in [1.165, 1.54) is 35.0 Å². The van der Waals surface area contributed by atoms with Crippen molar-refractivity contribution in [3.63, 3.8) is 0 Å². The van der Waals surface area contributed by atoms with Gasteiger partial charge in [0.15, 0.2) is 24.0 Å². The highest BCUT2D eigenvalue weighted by Crippen LogP contribution is 2.41. The lowest BCUT2D eigenvalue weighted by Gasteiger charge is -2.12. The number of benzene rings is 3. The number of aromatic hydroxyl groups is 1. The molecule has 1 aromatic heterocycles. The fraction of sp³-hybridized carbons (Fsp3) is 0.111. The third-order valence-electron chi connectivity index (χ3n) is 6.06. The summed E-state index contributed by atoms with van der Waals surface area (Å²) < 4.78 is 1.34. The molecular formula is C27H22N4O6. The van der Waals surface area contributed by atoms with Crippen LogP contribution in [0.5, 0.6) is 5.75 Å².